The highest BCUT2D eigenvalue weighted by atomic mass is 32.1. The van der Waals surface area contributed by atoms with Crippen LogP contribution in [0.15, 0.2) is 18.2 Å². The number of hydrogen-bond donors (Lipinski definition) is 1. The van der Waals surface area contributed by atoms with Crippen molar-refractivity contribution in [3.05, 3.63) is 35.4 Å². The van der Waals surface area contributed by atoms with Crippen molar-refractivity contribution in [3.63, 3.8) is 0 Å². The van der Waals surface area contributed by atoms with E-state index < -0.39 is 17.6 Å². The zero-order valence-corrected chi connectivity index (χ0v) is 11.3. The minimum Gasteiger partial charge on any atom is -0.468 e. The van der Waals surface area contributed by atoms with Crippen LogP contribution in [0.3, 0.4) is 0 Å². The van der Waals surface area contributed by atoms with E-state index >= 15 is 0 Å². The number of carbonyl (C=O) groups excluding carboxylic acids is 1. The van der Waals surface area contributed by atoms with Crippen LogP contribution in [0.2, 0.25) is 0 Å². The number of nitrogens with one attached hydrogen (secondary N) is 1. The number of hydrogen-bond acceptors (Lipinski definition) is 3. The topological polar surface area (TPSA) is 38.3 Å². The first-order valence-corrected chi connectivity index (χ1v) is 5.33. The van der Waals surface area contributed by atoms with Crippen molar-refractivity contribution in [1.29, 1.82) is 0 Å². The van der Waals surface area contributed by atoms with Crippen molar-refractivity contribution >= 4 is 19.5 Å². The average molecular weight is 277 g/mol. The zero-order valence-electron chi connectivity index (χ0n) is 10.3. The maximum atomic E-state index is 13.0. The van der Waals surface area contributed by atoms with Crippen molar-refractivity contribution in [2.45, 2.75) is 19.4 Å². The monoisotopic (exact) mass is 277 g/mol. The van der Waals surface area contributed by atoms with E-state index in [1.54, 1.807) is 0 Å². The number of methoxy groups -OCH3 is 1. The fourth-order valence-electron chi connectivity index (χ4n) is 1.51. The van der Waals surface area contributed by atoms with E-state index in [1.807, 2.05) is 6.92 Å². The SMILES string of the molecule is CC[C@H](NCC(=O)OC)c1ccc(F)c(F)c1.S. The first-order valence-electron chi connectivity index (χ1n) is 5.33. The summed E-state index contributed by atoms with van der Waals surface area (Å²) in [5, 5.41) is 2.92. The Morgan fingerprint density at radius 1 is 1.39 bits per heavy atom. The Morgan fingerprint density at radius 3 is 2.56 bits per heavy atom. The molecule has 0 saturated carbocycles. The Hall–Kier alpha value is -1.14. The van der Waals surface area contributed by atoms with E-state index in [2.05, 4.69) is 10.1 Å². The summed E-state index contributed by atoms with van der Waals surface area (Å²) in [5.41, 5.74) is 0.607. The molecule has 0 amide bonds. The van der Waals surface area contributed by atoms with Crippen LogP contribution in [0.25, 0.3) is 0 Å². The van der Waals surface area contributed by atoms with Crippen LogP contribution in [-0.4, -0.2) is 19.6 Å². The van der Waals surface area contributed by atoms with Crippen molar-refractivity contribution < 1.29 is 18.3 Å². The van der Waals surface area contributed by atoms with Gasteiger partial charge in [-0.05, 0) is 24.1 Å². The Bertz CT molecular complexity index is 402. The highest BCUT2D eigenvalue weighted by Crippen LogP contribution is 2.18. The molecular weight excluding hydrogens is 260 g/mol. The predicted molar refractivity (Wildman–Crippen MR) is 69.8 cm³/mol. The lowest BCUT2D eigenvalue weighted by Crippen LogP contribution is -2.28. The Balaban J connectivity index is 0.00000289. The second kappa shape index (κ2) is 8.05. The quantitative estimate of drug-likeness (QED) is 0.839. The molecule has 0 aliphatic rings. The van der Waals surface area contributed by atoms with Crippen LogP contribution in [0.5, 0.6) is 0 Å². The third-order valence-corrected chi connectivity index (χ3v) is 2.47. The lowest BCUT2D eigenvalue weighted by Gasteiger charge is -2.16. The molecule has 0 spiro atoms. The van der Waals surface area contributed by atoms with Crippen LogP contribution < -0.4 is 5.32 Å². The van der Waals surface area contributed by atoms with E-state index in [9.17, 15) is 13.6 Å². The largest absolute Gasteiger partial charge is 0.468 e. The summed E-state index contributed by atoms with van der Waals surface area (Å²) in [6.07, 6.45) is 0.655. The van der Waals surface area contributed by atoms with Gasteiger partial charge in [0.2, 0.25) is 0 Å². The van der Waals surface area contributed by atoms with Crippen LogP contribution in [0, 0.1) is 11.6 Å². The molecule has 0 aliphatic heterocycles. The second-order valence-corrected chi connectivity index (χ2v) is 3.59. The molecular formula is C12H17F2NO2S. The van der Waals surface area contributed by atoms with Crippen LogP contribution >= 0.6 is 13.5 Å². The molecule has 0 radical (unpaired) electrons. The van der Waals surface area contributed by atoms with Crippen molar-refractivity contribution in [2.75, 3.05) is 13.7 Å². The first kappa shape index (κ1) is 16.9. The number of benzene rings is 1. The summed E-state index contributed by atoms with van der Waals surface area (Å²) in [6, 6.07) is 3.50. The molecule has 0 unspecified atom stereocenters. The average Bonchev–Trinajstić information content (AvgIpc) is 2.33. The van der Waals surface area contributed by atoms with E-state index in [0.29, 0.717) is 12.0 Å². The van der Waals surface area contributed by atoms with Crippen LogP contribution in [0.1, 0.15) is 24.9 Å². The predicted octanol–water partition coefficient (Wildman–Crippen LogP) is 2.29. The van der Waals surface area contributed by atoms with Gasteiger partial charge < -0.3 is 10.1 Å². The molecule has 0 bridgehead atoms. The highest BCUT2D eigenvalue weighted by molar-refractivity contribution is 7.59. The van der Waals surface area contributed by atoms with Gasteiger partial charge in [0.15, 0.2) is 11.6 Å². The van der Waals surface area contributed by atoms with Gasteiger partial charge in [-0.1, -0.05) is 13.0 Å². The molecule has 1 atom stereocenters. The number of rotatable bonds is 5. The minimum absolute atomic E-state index is 0. The number of halogens is 2. The van der Waals surface area contributed by atoms with Gasteiger partial charge in [0.05, 0.1) is 13.7 Å². The van der Waals surface area contributed by atoms with Gasteiger partial charge in [0, 0.05) is 6.04 Å². The summed E-state index contributed by atoms with van der Waals surface area (Å²) in [5.74, 6) is -2.16. The first-order chi connectivity index (χ1) is 8.08. The summed E-state index contributed by atoms with van der Waals surface area (Å²) < 4.78 is 30.3. The van der Waals surface area contributed by atoms with E-state index in [0.717, 1.165) is 12.1 Å². The summed E-state index contributed by atoms with van der Waals surface area (Å²) >= 11 is 0. The van der Waals surface area contributed by atoms with Crippen LogP contribution in [-0.2, 0) is 9.53 Å². The molecule has 1 aromatic rings. The maximum absolute atomic E-state index is 13.0. The molecule has 3 nitrogen and oxygen atoms in total. The molecule has 0 aromatic heterocycles. The lowest BCUT2D eigenvalue weighted by molar-refractivity contribution is -0.139. The zero-order chi connectivity index (χ0) is 12.8. The van der Waals surface area contributed by atoms with Gasteiger partial charge in [-0.3, -0.25) is 4.79 Å². The summed E-state index contributed by atoms with van der Waals surface area (Å²) in [4.78, 5) is 11.0. The van der Waals surface area contributed by atoms with Gasteiger partial charge in [0.1, 0.15) is 0 Å². The highest BCUT2D eigenvalue weighted by Gasteiger charge is 2.13. The van der Waals surface area contributed by atoms with Gasteiger partial charge in [-0.25, -0.2) is 8.78 Å². The molecule has 6 heteroatoms. The number of esters is 1. The van der Waals surface area contributed by atoms with E-state index in [1.165, 1.54) is 13.2 Å². The smallest absolute Gasteiger partial charge is 0.319 e. The second-order valence-electron chi connectivity index (χ2n) is 3.59. The molecule has 102 valence electrons. The molecule has 18 heavy (non-hydrogen) atoms. The van der Waals surface area contributed by atoms with Crippen molar-refractivity contribution in [3.8, 4) is 0 Å². The van der Waals surface area contributed by atoms with Crippen molar-refractivity contribution in [2.24, 2.45) is 0 Å². The summed E-state index contributed by atoms with van der Waals surface area (Å²) in [6.45, 7) is 1.92. The van der Waals surface area contributed by atoms with Gasteiger partial charge in [-0.2, -0.15) is 13.5 Å². The fourth-order valence-corrected chi connectivity index (χ4v) is 1.51. The Morgan fingerprint density at radius 2 is 2.06 bits per heavy atom. The van der Waals surface area contributed by atoms with Gasteiger partial charge in [0.25, 0.3) is 0 Å². The van der Waals surface area contributed by atoms with E-state index in [4.69, 9.17) is 0 Å². The third-order valence-electron chi connectivity index (χ3n) is 2.47. The lowest BCUT2D eigenvalue weighted by atomic mass is 10.0. The number of carbonyl (C=O) groups is 1. The Labute approximate surface area is 112 Å². The molecule has 1 aromatic carbocycles. The number of ether oxygens (including phenoxy) is 1. The molecule has 0 heterocycles. The molecule has 0 aliphatic carbocycles. The molecule has 0 fully saturated rings. The van der Waals surface area contributed by atoms with Crippen LogP contribution in [0.4, 0.5) is 8.78 Å². The molecule has 1 N–H and O–H groups in total. The fraction of sp³-hybridized carbons (Fsp3) is 0.417. The maximum Gasteiger partial charge on any atom is 0.319 e. The van der Waals surface area contributed by atoms with E-state index in [-0.39, 0.29) is 26.1 Å². The minimum atomic E-state index is -0.888. The standard InChI is InChI=1S/C12H15F2NO2.H2S/c1-3-11(15-7-12(16)17-2)8-4-5-9(13)10(14)6-8;/h4-6,11,15H,3,7H2,1-2H3;1H2/t11-;/m0./s1. The summed E-state index contributed by atoms with van der Waals surface area (Å²) in [7, 11) is 1.29. The van der Waals surface area contributed by atoms with Crippen molar-refractivity contribution in [1.82, 2.24) is 5.32 Å². The normalized spacial score (nSPS) is 11.6. The van der Waals surface area contributed by atoms with Gasteiger partial charge >= 0.3 is 5.97 Å². The third kappa shape index (κ3) is 4.62. The molecule has 1 rings (SSSR count). The Kier molecular flexibility index (Phi) is 7.54. The molecule has 0 saturated heterocycles. The van der Waals surface area contributed by atoms with Gasteiger partial charge in [-0.15, -0.1) is 0 Å².